The van der Waals surface area contributed by atoms with Gasteiger partial charge in [0.15, 0.2) is 34.9 Å². The second-order valence-corrected chi connectivity index (χ2v) is 34.4. The molecule has 10 heteroatoms. The van der Waals surface area contributed by atoms with Crippen LogP contribution in [0.5, 0.6) is 0 Å². The molecule has 0 fully saturated rings. The van der Waals surface area contributed by atoms with Crippen molar-refractivity contribution in [2.45, 2.75) is 0 Å². The Labute approximate surface area is 757 Å². The molecule has 27 aromatic rings. The van der Waals surface area contributed by atoms with Crippen LogP contribution in [0.3, 0.4) is 0 Å². The fourth-order valence-corrected chi connectivity index (χ4v) is 20.9. The molecule has 0 spiro atoms. The van der Waals surface area contributed by atoms with Crippen molar-refractivity contribution in [1.82, 2.24) is 48.2 Å². The van der Waals surface area contributed by atoms with E-state index in [-0.39, 0.29) is 0 Å². The molecule has 10 nitrogen and oxygen atoms in total. The van der Waals surface area contributed by atoms with Gasteiger partial charge in [0.1, 0.15) is 0 Å². The van der Waals surface area contributed by atoms with E-state index < -0.39 is 0 Å². The summed E-state index contributed by atoms with van der Waals surface area (Å²) >= 11 is 0. The normalized spacial score (nSPS) is 11.9. The minimum absolute atomic E-state index is 0.568. The summed E-state index contributed by atoms with van der Waals surface area (Å²) in [5.74, 6) is 3.54. The SMILES string of the molecule is c1ccc(-c2nc(-c3cccc(-c4ccc(-c5cc6c(c7ccccc57)c5cc7c8ccccc8n(-c8cc(-c9nc(-c%10ccccc%10)nc(-c%10ccccc%10)n9)cc9ccccc89)c7cc5n6-c5ccc6ccccc6c5)cc4)c3)nc(-c3cc(-n4c5ccccc5c5cc6c7c8ccccc8c(-c8ccccc8)cc7n(-c7ccccc7)c6cc54)c4ccccc4c3)n2)cc1. The summed E-state index contributed by atoms with van der Waals surface area (Å²) in [6.07, 6.45) is 0. The van der Waals surface area contributed by atoms with Gasteiger partial charge in [-0.05, 0) is 180 Å². The Morgan fingerprint density at radius 2 is 0.477 bits per heavy atom. The maximum Gasteiger partial charge on any atom is 0.164 e. The van der Waals surface area contributed by atoms with Crippen molar-refractivity contribution < 1.29 is 0 Å². The third-order valence-corrected chi connectivity index (χ3v) is 26.9. The fourth-order valence-electron chi connectivity index (χ4n) is 20.9. The van der Waals surface area contributed by atoms with Crippen LogP contribution in [0.2, 0.25) is 0 Å². The molecular weight excluding hydrogens is 1610 g/mol. The maximum absolute atomic E-state index is 5.56. The van der Waals surface area contributed by atoms with Gasteiger partial charge >= 0.3 is 0 Å². The molecule has 0 radical (unpaired) electrons. The van der Waals surface area contributed by atoms with E-state index in [1.54, 1.807) is 0 Å². The average Bonchev–Trinajstić information content (AvgIpc) is 1.54. The van der Waals surface area contributed by atoms with Gasteiger partial charge in [0.25, 0.3) is 0 Å². The lowest BCUT2D eigenvalue weighted by molar-refractivity contribution is 1.07. The van der Waals surface area contributed by atoms with Crippen LogP contribution in [0, 0.1) is 0 Å². The second-order valence-electron chi connectivity index (χ2n) is 34.4. The number of hydrogen-bond acceptors (Lipinski definition) is 6. The summed E-state index contributed by atoms with van der Waals surface area (Å²) < 4.78 is 9.93. The number of nitrogens with zero attached hydrogens (tertiary/aromatic N) is 10. The first-order valence-corrected chi connectivity index (χ1v) is 44.9. The first kappa shape index (κ1) is 74.4. The van der Waals surface area contributed by atoms with Crippen LogP contribution in [-0.2, 0) is 0 Å². The highest BCUT2D eigenvalue weighted by Gasteiger charge is 2.28. The maximum atomic E-state index is 5.56. The molecule has 6 aromatic heterocycles. The van der Waals surface area contributed by atoms with Crippen LogP contribution in [0.4, 0.5) is 0 Å². The van der Waals surface area contributed by atoms with Crippen LogP contribution in [0.1, 0.15) is 0 Å². The quantitative estimate of drug-likeness (QED) is 0.114. The van der Waals surface area contributed by atoms with E-state index in [0.29, 0.717) is 34.9 Å². The molecule has 612 valence electrons. The number of rotatable bonds is 13. The standard InChI is InChI=1S/C122H74N10/c1-6-32-77(33-7-1)99-71-113-115(97-53-24-22-49-93(97)99)103-69-101-95-51-26-28-55-105(95)131(109(101)73-111(103)129(113)89-45-14-5-15-46-89)108-68-88(65-85-42-19-21-48-92(85)108)122-127-119(81-38-12-4-13-39-81)124-120(128-122)86-44-30-43-82(63-86)76-57-59-78(60-58-76)100-72-114-116(98-54-25-23-50-94(98)100)104-70-102-96-52-27-29-56-106(96)132(110(102)74-112(104)130(114)90-62-61-75-31-16-17-40-83(75)66-90)107-67-87(64-84-41-18-20-47-91(84)107)121-125-117(79-34-8-2-9-35-79)123-118(126-121)80-36-10-3-11-37-80/h1-74H. The lowest BCUT2D eigenvalue weighted by atomic mass is 9.93. The predicted molar refractivity (Wildman–Crippen MR) is 547 cm³/mol. The smallest absolute Gasteiger partial charge is 0.164 e. The molecule has 0 aliphatic carbocycles. The molecule has 0 amide bonds. The highest BCUT2D eigenvalue weighted by molar-refractivity contribution is 6.30. The summed E-state index contributed by atoms with van der Waals surface area (Å²) in [5.41, 5.74) is 25.1. The number of fused-ring (bicyclic) bond motifs is 19. The molecule has 0 N–H and O–H groups in total. The summed E-state index contributed by atoms with van der Waals surface area (Å²) in [5, 5.41) is 20.9. The number of para-hydroxylation sites is 3. The van der Waals surface area contributed by atoms with E-state index in [0.717, 1.165) is 176 Å². The zero-order chi connectivity index (χ0) is 86.6. The molecule has 0 aliphatic heterocycles. The van der Waals surface area contributed by atoms with Crippen LogP contribution in [0.15, 0.2) is 449 Å². The fraction of sp³-hybridized carbons (Fsp3) is 0. The van der Waals surface area contributed by atoms with E-state index in [1.165, 1.54) is 54.2 Å². The molecule has 0 unspecified atom stereocenters. The topological polar surface area (TPSA) is 97.1 Å². The van der Waals surface area contributed by atoms with Crippen LogP contribution in [-0.4, -0.2) is 48.2 Å². The van der Waals surface area contributed by atoms with Crippen molar-refractivity contribution in [3.8, 4) is 124 Å². The Morgan fingerprint density at radius 1 is 0.136 bits per heavy atom. The molecule has 0 aliphatic rings. The highest BCUT2D eigenvalue weighted by atomic mass is 15.1. The third-order valence-electron chi connectivity index (χ3n) is 26.9. The van der Waals surface area contributed by atoms with Crippen LogP contribution in [0.25, 0.3) is 266 Å². The van der Waals surface area contributed by atoms with Gasteiger partial charge in [0, 0.05) is 98.6 Å². The Balaban J connectivity index is 0.598. The highest BCUT2D eigenvalue weighted by Crippen LogP contribution is 2.50. The molecular formula is C122H74N10. The largest absolute Gasteiger partial charge is 0.309 e. The lowest BCUT2D eigenvalue weighted by Gasteiger charge is -2.15. The molecule has 6 heterocycles. The molecule has 0 atom stereocenters. The van der Waals surface area contributed by atoms with E-state index in [2.05, 4.69) is 413 Å². The molecule has 0 saturated heterocycles. The van der Waals surface area contributed by atoms with Crippen LogP contribution >= 0.6 is 0 Å². The van der Waals surface area contributed by atoms with E-state index >= 15 is 0 Å². The molecule has 0 bridgehead atoms. The van der Waals surface area contributed by atoms with Gasteiger partial charge in [-0.1, -0.05) is 346 Å². The summed E-state index contributed by atoms with van der Waals surface area (Å²) in [4.78, 5) is 32.1. The molecule has 0 saturated carbocycles. The van der Waals surface area contributed by atoms with Gasteiger partial charge < -0.3 is 18.3 Å². The van der Waals surface area contributed by atoms with Crippen molar-refractivity contribution >= 4 is 141 Å². The zero-order valence-electron chi connectivity index (χ0n) is 71.2. The molecule has 132 heavy (non-hydrogen) atoms. The Kier molecular flexibility index (Phi) is 16.9. The second kappa shape index (κ2) is 29.9. The Morgan fingerprint density at radius 3 is 0.955 bits per heavy atom. The Hall–Kier alpha value is -17.9. The van der Waals surface area contributed by atoms with Gasteiger partial charge in [0.2, 0.25) is 0 Å². The molecule has 21 aromatic carbocycles. The van der Waals surface area contributed by atoms with Gasteiger partial charge in [0.05, 0.1) is 55.5 Å². The summed E-state index contributed by atoms with van der Waals surface area (Å²) in [6, 6.07) is 162. The monoisotopic (exact) mass is 1680 g/mol. The number of hydrogen-bond donors (Lipinski definition) is 0. The van der Waals surface area contributed by atoms with E-state index in [9.17, 15) is 0 Å². The van der Waals surface area contributed by atoms with E-state index in [1.807, 2.05) is 54.6 Å². The third kappa shape index (κ3) is 12.0. The van der Waals surface area contributed by atoms with Gasteiger partial charge in [-0.3, -0.25) is 0 Å². The van der Waals surface area contributed by atoms with E-state index in [4.69, 9.17) is 29.9 Å². The minimum Gasteiger partial charge on any atom is -0.309 e. The van der Waals surface area contributed by atoms with Crippen molar-refractivity contribution in [1.29, 1.82) is 0 Å². The lowest BCUT2D eigenvalue weighted by Crippen LogP contribution is -2.02. The first-order valence-electron chi connectivity index (χ1n) is 44.9. The average molecular weight is 1680 g/mol. The van der Waals surface area contributed by atoms with Gasteiger partial charge in [-0.25, -0.2) is 29.9 Å². The number of aromatic nitrogens is 10. The predicted octanol–water partition coefficient (Wildman–Crippen LogP) is 31.2. The van der Waals surface area contributed by atoms with Crippen molar-refractivity contribution in [3.63, 3.8) is 0 Å². The van der Waals surface area contributed by atoms with Gasteiger partial charge in [-0.15, -0.1) is 0 Å². The van der Waals surface area contributed by atoms with Crippen molar-refractivity contribution in [3.05, 3.63) is 449 Å². The minimum atomic E-state index is 0.568. The molecule has 27 rings (SSSR count). The van der Waals surface area contributed by atoms with Crippen LogP contribution < -0.4 is 0 Å². The zero-order valence-corrected chi connectivity index (χ0v) is 71.2. The van der Waals surface area contributed by atoms with Gasteiger partial charge in [-0.2, -0.15) is 0 Å². The number of benzene rings is 21. The first-order chi connectivity index (χ1) is 65.4. The Bertz CT molecular complexity index is 9390. The summed E-state index contributed by atoms with van der Waals surface area (Å²) in [6.45, 7) is 0. The summed E-state index contributed by atoms with van der Waals surface area (Å²) in [7, 11) is 0. The van der Waals surface area contributed by atoms with Crippen molar-refractivity contribution in [2.24, 2.45) is 0 Å². The van der Waals surface area contributed by atoms with Crippen molar-refractivity contribution in [2.75, 3.05) is 0 Å².